The lowest BCUT2D eigenvalue weighted by Crippen LogP contribution is -1.97. The Balaban J connectivity index is 2.32. The lowest BCUT2D eigenvalue weighted by atomic mass is 10.3. The van der Waals surface area contributed by atoms with Crippen molar-refractivity contribution in [3.8, 4) is 0 Å². The van der Waals surface area contributed by atoms with Crippen molar-refractivity contribution >= 4 is 33.0 Å². The molecule has 0 spiro atoms. The van der Waals surface area contributed by atoms with E-state index in [9.17, 15) is 0 Å². The zero-order valence-electron chi connectivity index (χ0n) is 7.94. The van der Waals surface area contributed by atoms with Gasteiger partial charge in [0.25, 0.3) is 0 Å². The summed E-state index contributed by atoms with van der Waals surface area (Å²) in [4.78, 5) is 3.97. The number of pyridine rings is 1. The lowest BCUT2D eigenvalue weighted by Gasteiger charge is -2.10. The zero-order valence-corrected chi connectivity index (χ0v) is 9.53. The molecule has 0 bridgehead atoms. The maximum Gasteiger partial charge on any atom is 0.0794 e. The van der Waals surface area contributed by atoms with Gasteiger partial charge < -0.3 is 11.1 Å². The van der Waals surface area contributed by atoms with E-state index in [1.807, 2.05) is 30.3 Å². The van der Waals surface area contributed by atoms with Gasteiger partial charge in [-0.3, -0.25) is 4.98 Å². The molecule has 15 heavy (non-hydrogen) atoms. The molecule has 1 aromatic heterocycles. The number of halogens is 1. The first-order chi connectivity index (χ1) is 7.27. The van der Waals surface area contributed by atoms with Crippen molar-refractivity contribution in [1.82, 2.24) is 4.98 Å². The predicted octanol–water partition coefficient (Wildman–Crippen LogP) is 3.17. The van der Waals surface area contributed by atoms with Crippen LogP contribution >= 0.6 is 15.9 Å². The molecule has 1 heterocycles. The normalized spacial score (nSPS) is 9.93. The summed E-state index contributed by atoms with van der Waals surface area (Å²) in [6.45, 7) is 0. The summed E-state index contributed by atoms with van der Waals surface area (Å²) in [6, 6.07) is 9.86. The third-order valence-corrected chi connectivity index (χ3v) is 2.57. The first-order valence-corrected chi connectivity index (χ1v) is 5.28. The number of aromatic nitrogens is 1. The van der Waals surface area contributed by atoms with E-state index >= 15 is 0 Å². The van der Waals surface area contributed by atoms with Crippen LogP contribution in [0.2, 0.25) is 0 Å². The summed E-state index contributed by atoms with van der Waals surface area (Å²) < 4.78 is 0.853. The standard InChI is InChI=1S/C11H10BrN3/c12-9-6-14-7-10(13)11(9)15-8-4-2-1-3-5-8/h1-7H,13H2,(H,14,15). The van der Waals surface area contributed by atoms with Crippen LogP contribution < -0.4 is 11.1 Å². The van der Waals surface area contributed by atoms with E-state index in [-0.39, 0.29) is 0 Å². The van der Waals surface area contributed by atoms with Crippen LogP contribution in [0.3, 0.4) is 0 Å². The SMILES string of the molecule is Nc1cncc(Br)c1Nc1ccccc1. The summed E-state index contributed by atoms with van der Waals surface area (Å²) >= 11 is 3.40. The number of anilines is 3. The second-order valence-corrected chi connectivity index (χ2v) is 3.93. The Labute approximate surface area is 96.5 Å². The smallest absolute Gasteiger partial charge is 0.0794 e. The summed E-state index contributed by atoms with van der Waals surface area (Å²) in [7, 11) is 0. The molecule has 0 amide bonds. The number of hydrogen-bond acceptors (Lipinski definition) is 3. The van der Waals surface area contributed by atoms with Gasteiger partial charge in [-0.05, 0) is 28.1 Å². The Morgan fingerprint density at radius 3 is 2.53 bits per heavy atom. The minimum atomic E-state index is 0.619. The molecule has 0 radical (unpaired) electrons. The minimum Gasteiger partial charge on any atom is -0.396 e. The van der Waals surface area contributed by atoms with Gasteiger partial charge in [0, 0.05) is 11.9 Å². The largest absolute Gasteiger partial charge is 0.396 e. The number of nitrogens with zero attached hydrogens (tertiary/aromatic N) is 1. The van der Waals surface area contributed by atoms with Crippen molar-refractivity contribution in [2.75, 3.05) is 11.1 Å². The van der Waals surface area contributed by atoms with Gasteiger partial charge in [-0.25, -0.2) is 0 Å². The van der Waals surface area contributed by atoms with Crippen molar-refractivity contribution in [1.29, 1.82) is 0 Å². The summed E-state index contributed by atoms with van der Waals surface area (Å²) in [5, 5.41) is 3.23. The molecular weight excluding hydrogens is 254 g/mol. The molecule has 0 saturated carbocycles. The Kier molecular flexibility index (Phi) is 2.87. The number of benzene rings is 1. The number of nitrogen functional groups attached to an aromatic ring is 1. The fourth-order valence-corrected chi connectivity index (χ4v) is 1.69. The predicted molar refractivity (Wildman–Crippen MR) is 66.1 cm³/mol. The van der Waals surface area contributed by atoms with Crippen molar-refractivity contribution in [2.24, 2.45) is 0 Å². The fourth-order valence-electron chi connectivity index (χ4n) is 1.25. The minimum absolute atomic E-state index is 0.619. The molecule has 2 aromatic rings. The second kappa shape index (κ2) is 4.31. The molecule has 0 aliphatic rings. The van der Waals surface area contributed by atoms with Crippen molar-refractivity contribution in [3.63, 3.8) is 0 Å². The summed E-state index contributed by atoms with van der Waals surface area (Å²) in [6.07, 6.45) is 3.33. The van der Waals surface area contributed by atoms with Crippen LogP contribution in [0, 0.1) is 0 Å². The third kappa shape index (κ3) is 2.27. The summed E-state index contributed by atoms with van der Waals surface area (Å²) in [5.74, 6) is 0. The van der Waals surface area contributed by atoms with Gasteiger partial charge >= 0.3 is 0 Å². The Morgan fingerprint density at radius 1 is 1.13 bits per heavy atom. The maximum atomic E-state index is 5.81. The first-order valence-electron chi connectivity index (χ1n) is 4.48. The van der Waals surface area contributed by atoms with E-state index in [1.54, 1.807) is 12.4 Å². The Hall–Kier alpha value is -1.55. The highest BCUT2D eigenvalue weighted by atomic mass is 79.9. The first kappa shape index (κ1) is 9.98. The molecule has 0 saturated heterocycles. The highest BCUT2D eigenvalue weighted by molar-refractivity contribution is 9.10. The van der Waals surface area contributed by atoms with Gasteiger partial charge in [-0.2, -0.15) is 0 Å². The monoisotopic (exact) mass is 263 g/mol. The zero-order chi connectivity index (χ0) is 10.7. The van der Waals surface area contributed by atoms with E-state index in [1.165, 1.54) is 0 Å². The molecular formula is C11H10BrN3. The quantitative estimate of drug-likeness (QED) is 0.875. The Bertz CT molecular complexity index is 436. The van der Waals surface area contributed by atoms with Gasteiger partial charge in [0.1, 0.15) is 0 Å². The van der Waals surface area contributed by atoms with Gasteiger partial charge in [-0.1, -0.05) is 18.2 Å². The second-order valence-electron chi connectivity index (χ2n) is 3.08. The van der Waals surface area contributed by atoms with Crippen molar-refractivity contribution < 1.29 is 0 Å². The molecule has 2 rings (SSSR count). The van der Waals surface area contributed by atoms with Crippen LogP contribution in [-0.4, -0.2) is 4.98 Å². The van der Waals surface area contributed by atoms with Gasteiger partial charge in [0.2, 0.25) is 0 Å². The molecule has 3 N–H and O–H groups in total. The summed E-state index contributed by atoms with van der Waals surface area (Å²) in [5.41, 5.74) is 8.27. The maximum absolute atomic E-state index is 5.81. The number of para-hydroxylation sites is 1. The lowest BCUT2D eigenvalue weighted by molar-refractivity contribution is 1.31. The number of nitrogens with one attached hydrogen (secondary N) is 1. The fraction of sp³-hybridized carbons (Fsp3) is 0. The van der Waals surface area contributed by atoms with E-state index in [0.29, 0.717) is 5.69 Å². The highest BCUT2D eigenvalue weighted by Gasteiger charge is 2.04. The van der Waals surface area contributed by atoms with E-state index in [0.717, 1.165) is 15.8 Å². The molecule has 0 fully saturated rings. The highest BCUT2D eigenvalue weighted by Crippen LogP contribution is 2.29. The van der Waals surface area contributed by atoms with Crippen LogP contribution in [0.25, 0.3) is 0 Å². The Morgan fingerprint density at radius 2 is 1.87 bits per heavy atom. The van der Waals surface area contributed by atoms with Crippen LogP contribution in [0.15, 0.2) is 47.2 Å². The third-order valence-electron chi connectivity index (χ3n) is 1.97. The molecule has 0 unspecified atom stereocenters. The molecule has 76 valence electrons. The molecule has 0 aliphatic carbocycles. The van der Waals surface area contributed by atoms with Crippen LogP contribution in [0.1, 0.15) is 0 Å². The number of nitrogens with two attached hydrogens (primary N) is 1. The molecule has 0 atom stereocenters. The van der Waals surface area contributed by atoms with E-state index in [2.05, 4.69) is 26.2 Å². The van der Waals surface area contributed by atoms with Gasteiger partial charge in [0.05, 0.1) is 22.0 Å². The van der Waals surface area contributed by atoms with Gasteiger partial charge in [0.15, 0.2) is 0 Å². The van der Waals surface area contributed by atoms with Crippen LogP contribution in [0.4, 0.5) is 17.1 Å². The van der Waals surface area contributed by atoms with Crippen molar-refractivity contribution in [3.05, 3.63) is 47.2 Å². The molecule has 0 aliphatic heterocycles. The average Bonchev–Trinajstić information content (AvgIpc) is 2.25. The molecule has 3 nitrogen and oxygen atoms in total. The average molecular weight is 264 g/mol. The van der Waals surface area contributed by atoms with E-state index < -0.39 is 0 Å². The van der Waals surface area contributed by atoms with Gasteiger partial charge in [-0.15, -0.1) is 0 Å². The molecule has 4 heteroatoms. The van der Waals surface area contributed by atoms with E-state index in [4.69, 9.17) is 5.73 Å². The van der Waals surface area contributed by atoms with Crippen molar-refractivity contribution in [2.45, 2.75) is 0 Å². The topological polar surface area (TPSA) is 50.9 Å². The van der Waals surface area contributed by atoms with Crippen LogP contribution in [-0.2, 0) is 0 Å². The molecule has 1 aromatic carbocycles. The van der Waals surface area contributed by atoms with Crippen LogP contribution in [0.5, 0.6) is 0 Å². The number of hydrogen-bond donors (Lipinski definition) is 2. The number of rotatable bonds is 2.